The van der Waals surface area contributed by atoms with E-state index in [1.165, 1.54) is 0 Å². The molecule has 4 heteroatoms. The predicted molar refractivity (Wildman–Crippen MR) is 62.8 cm³/mol. The van der Waals surface area contributed by atoms with E-state index >= 15 is 0 Å². The van der Waals surface area contributed by atoms with Gasteiger partial charge in [0.2, 0.25) is 0 Å². The molecular weight excluding hydrogens is 208 g/mol. The Morgan fingerprint density at radius 3 is 3.00 bits per heavy atom. The Kier molecular flexibility index (Phi) is 2.68. The Bertz CT molecular complexity index is 548. The van der Waals surface area contributed by atoms with Crippen molar-refractivity contribution in [2.45, 2.75) is 13.8 Å². The third kappa shape index (κ3) is 1.99. The molecule has 1 N–H and O–H groups in total. The Morgan fingerprint density at radius 1 is 1.47 bits per heavy atom. The number of nitrogens with zero attached hydrogens (tertiary/aromatic N) is 1. The van der Waals surface area contributed by atoms with Gasteiger partial charge in [0.05, 0.1) is 12.1 Å². The summed E-state index contributed by atoms with van der Waals surface area (Å²) in [6.45, 7) is 4.62. The largest absolute Gasteiger partial charge is 0.494 e. The van der Waals surface area contributed by atoms with Gasteiger partial charge in [-0.3, -0.25) is 0 Å². The second-order valence-corrected chi connectivity index (χ2v) is 3.67. The molecule has 1 heterocycles. The first-order valence-corrected chi connectivity index (χ1v) is 5.25. The number of rotatable bonds is 2. The van der Waals surface area contributed by atoms with Crippen molar-refractivity contribution in [2.24, 2.45) is 0 Å². The lowest BCUT2D eigenvalue weighted by Crippen LogP contribution is -1.93. The summed E-state index contributed by atoms with van der Waals surface area (Å²) < 4.78 is 5.95. The van der Waals surface area contributed by atoms with Crippen LogP contribution in [0.15, 0.2) is 18.2 Å². The zero-order valence-electron chi connectivity index (χ0n) is 8.70. The minimum atomic E-state index is 0.518. The highest BCUT2D eigenvalue weighted by Gasteiger charge is 2.01. The average Bonchev–Trinajstić information content (AvgIpc) is 2.19. The van der Waals surface area contributed by atoms with Crippen LogP contribution >= 0.6 is 12.2 Å². The number of nitrogens with one attached hydrogen (secondary N) is 1. The van der Waals surface area contributed by atoms with Crippen LogP contribution in [0.25, 0.3) is 10.9 Å². The number of hydrogen-bond acceptors (Lipinski definition) is 3. The molecule has 0 saturated carbocycles. The Morgan fingerprint density at radius 2 is 2.27 bits per heavy atom. The van der Waals surface area contributed by atoms with E-state index in [0.717, 1.165) is 22.3 Å². The number of H-pyrrole nitrogens is 1. The number of aromatic nitrogens is 2. The minimum absolute atomic E-state index is 0.518. The molecule has 0 aliphatic carbocycles. The molecule has 0 bridgehead atoms. The summed E-state index contributed by atoms with van der Waals surface area (Å²) in [4.78, 5) is 7.27. The van der Waals surface area contributed by atoms with E-state index < -0.39 is 0 Å². The molecule has 15 heavy (non-hydrogen) atoms. The maximum atomic E-state index is 5.43. The van der Waals surface area contributed by atoms with Crippen LogP contribution in [0, 0.1) is 11.7 Å². The van der Waals surface area contributed by atoms with Gasteiger partial charge in [0, 0.05) is 11.1 Å². The van der Waals surface area contributed by atoms with Gasteiger partial charge in [-0.2, -0.15) is 0 Å². The molecule has 2 rings (SSSR count). The average molecular weight is 220 g/mol. The highest BCUT2D eigenvalue weighted by Crippen LogP contribution is 2.21. The van der Waals surface area contributed by atoms with Gasteiger partial charge in [0.25, 0.3) is 0 Å². The quantitative estimate of drug-likeness (QED) is 0.791. The maximum Gasteiger partial charge on any atom is 0.197 e. The van der Waals surface area contributed by atoms with E-state index in [1.807, 2.05) is 32.0 Å². The SMILES string of the molecule is CCOc1ccc2nc(=S)[nH]c(C)c2c1. The fourth-order valence-corrected chi connectivity index (χ4v) is 1.79. The summed E-state index contributed by atoms with van der Waals surface area (Å²) in [5.41, 5.74) is 1.92. The van der Waals surface area contributed by atoms with Crippen LogP contribution in [0.3, 0.4) is 0 Å². The van der Waals surface area contributed by atoms with Crippen LogP contribution in [0.5, 0.6) is 5.75 Å². The van der Waals surface area contributed by atoms with Crippen molar-refractivity contribution >= 4 is 23.1 Å². The fourth-order valence-electron chi connectivity index (χ4n) is 1.53. The third-order valence-electron chi connectivity index (χ3n) is 2.20. The van der Waals surface area contributed by atoms with Crippen molar-refractivity contribution in [2.75, 3.05) is 6.61 Å². The van der Waals surface area contributed by atoms with Crippen LogP contribution in [-0.2, 0) is 0 Å². The molecule has 0 atom stereocenters. The van der Waals surface area contributed by atoms with E-state index in [4.69, 9.17) is 17.0 Å². The summed E-state index contributed by atoms with van der Waals surface area (Å²) in [6.07, 6.45) is 0. The highest BCUT2D eigenvalue weighted by molar-refractivity contribution is 7.71. The topological polar surface area (TPSA) is 37.9 Å². The lowest BCUT2D eigenvalue weighted by Gasteiger charge is -2.05. The van der Waals surface area contributed by atoms with Gasteiger partial charge in [-0.1, -0.05) is 0 Å². The van der Waals surface area contributed by atoms with Crippen molar-refractivity contribution in [1.82, 2.24) is 9.97 Å². The number of hydrogen-bond donors (Lipinski definition) is 1. The fraction of sp³-hybridized carbons (Fsp3) is 0.273. The smallest absolute Gasteiger partial charge is 0.197 e. The molecule has 1 aromatic carbocycles. The molecular formula is C11H12N2OS. The van der Waals surface area contributed by atoms with E-state index in [2.05, 4.69) is 9.97 Å². The van der Waals surface area contributed by atoms with Crippen molar-refractivity contribution < 1.29 is 4.74 Å². The first-order chi connectivity index (χ1) is 7.20. The molecule has 0 radical (unpaired) electrons. The second-order valence-electron chi connectivity index (χ2n) is 3.28. The van der Waals surface area contributed by atoms with Crippen molar-refractivity contribution in [3.05, 3.63) is 28.7 Å². The molecule has 78 valence electrons. The van der Waals surface area contributed by atoms with E-state index in [1.54, 1.807) is 0 Å². The molecule has 0 saturated heterocycles. The van der Waals surface area contributed by atoms with Gasteiger partial charge in [0.15, 0.2) is 4.77 Å². The molecule has 0 fully saturated rings. The summed E-state index contributed by atoms with van der Waals surface area (Å²) in [6, 6.07) is 5.82. The van der Waals surface area contributed by atoms with Gasteiger partial charge >= 0.3 is 0 Å². The summed E-state index contributed by atoms with van der Waals surface area (Å²) >= 11 is 5.01. The molecule has 1 aromatic heterocycles. The molecule has 0 amide bonds. The number of aromatic amines is 1. The normalized spacial score (nSPS) is 10.5. The summed E-state index contributed by atoms with van der Waals surface area (Å²) in [7, 11) is 0. The van der Waals surface area contributed by atoms with E-state index in [-0.39, 0.29) is 0 Å². The molecule has 2 aromatic rings. The van der Waals surface area contributed by atoms with Gasteiger partial charge in [0.1, 0.15) is 5.75 Å². The van der Waals surface area contributed by atoms with Crippen LogP contribution < -0.4 is 4.74 Å². The third-order valence-corrected chi connectivity index (χ3v) is 2.39. The van der Waals surface area contributed by atoms with Crippen molar-refractivity contribution in [3.8, 4) is 5.75 Å². The number of aryl methyl sites for hydroxylation is 1. The number of fused-ring (bicyclic) bond motifs is 1. The summed E-state index contributed by atoms with van der Waals surface area (Å²) in [5, 5.41) is 1.05. The lowest BCUT2D eigenvalue weighted by atomic mass is 10.2. The van der Waals surface area contributed by atoms with Crippen LogP contribution in [-0.4, -0.2) is 16.6 Å². The zero-order chi connectivity index (χ0) is 10.8. The van der Waals surface area contributed by atoms with Crippen molar-refractivity contribution in [3.63, 3.8) is 0 Å². The van der Waals surface area contributed by atoms with Gasteiger partial charge in [-0.05, 0) is 44.3 Å². The lowest BCUT2D eigenvalue weighted by molar-refractivity contribution is 0.340. The molecule has 3 nitrogen and oxygen atoms in total. The minimum Gasteiger partial charge on any atom is -0.494 e. The van der Waals surface area contributed by atoms with Gasteiger partial charge in [-0.15, -0.1) is 0 Å². The Balaban J connectivity index is 2.66. The Labute approximate surface area is 93.1 Å². The standard InChI is InChI=1S/C11H12N2OS/c1-3-14-8-4-5-10-9(6-8)7(2)12-11(15)13-10/h4-6H,3H2,1-2H3,(H,12,13,15). The van der Waals surface area contributed by atoms with Crippen LogP contribution in [0.1, 0.15) is 12.6 Å². The molecule has 0 unspecified atom stereocenters. The Hall–Kier alpha value is -1.42. The monoisotopic (exact) mass is 220 g/mol. The second kappa shape index (κ2) is 3.98. The van der Waals surface area contributed by atoms with Crippen LogP contribution in [0.2, 0.25) is 0 Å². The van der Waals surface area contributed by atoms with Gasteiger partial charge < -0.3 is 9.72 Å². The zero-order valence-corrected chi connectivity index (χ0v) is 9.52. The summed E-state index contributed by atoms with van der Waals surface area (Å²) in [5.74, 6) is 0.861. The van der Waals surface area contributed by atoms with Crippen molar-refractivity contribution in [1.29, 1.82) is 0 Å². The molecule has 0 spiro atoms. The van der Waals surface area contributed by atoms with E-state index in [0.29, 0.717) is 11.4 Å². The van der Waals surface area contributed by atoms with E-state index in [9.17, 15) is 0 Å². The highest BCUT2D eigenvalue weighted by atomic mass is 32.1. The predicted octanol–water partition coefficient (Wildman–Crippen LogP) is 3.00. The molecule has 0 aliphatic heterocycles. The maximum absolute atomic E-state index is 5.43. The van der Waals surface area contributed by atoms with Crippen LogP contribution in [0.4, 0.5) is 0 Å². The molecule has 0 aliphatic rings. The first-order valence-electron chi connectivity index (χ1n) is 4.84. The number of ether oxygens (including phenoxy) is 1. The van der Waals surface area contributed by atoms with Gasteiger partial charge in [-0.25, -0.2) is 4.98 Å². The first kappa shape index (κ1) is 10.1. The number of benzene rings is 1.